The lowest BCUT2D eigenvalue weighted by atomic mass is 10.1. The van der Waals surface area contributed by atoms with E-state index < -0.39 is 0 Å². The first-order valence-corrected chi connectivity index (χ1v) is 8.69. The summed E-state index contributed by atoms with van der Waals surface area (Å²) in [5, 5.41) is 2.55. The van der Waals surface area contributed by atoms with E-state index in [2.05, 4.69) is 60.9 Å². The minimum atomic E-state index is 0.558. The van der Waals surface area contributed by atoms with E-state index in [4.69, 9.17) is 9.72 Å². The van der Waals surface area contributed by atoms with Crippen LogP contribution in [0.3, 0.4) is 0 Å². The average Bonchev–Trinajstić information content (AvgIpc) is 2.96. The molecule has 2 aromatic carbocycles. The van der Waals surface area contributed by atoms with Gasteiger partial charge in [-0.2, -0.15) is 0 Å². The van der Waals surface area contributed by atoms with Crippen molar-refractivity contribution in [3.8, 4) is 17.0 Å². The molecule has 4 rings (SSSR count). The standard InChI is InChI=1S/C22H22N2O/c1-15(2)14-24-20-7-5-4-6-18(20)19-12-13-23-21(22(19)24)16-8-10-17(25-3)11-9-16/h4-13,15H,14H2,1-3H3. The molecular formula is C22H22N2O. The topological polar surface area (TPSA) is 27.1 Å². The molecule has 0 radical (unpaired) electrons. The third-order valence-corrected chi connectivity index (χ3v) is 4.59. The first-order chi connectivity index (χ1) is 12.2. The molecule has 2 heterocycles. The number of fused-ring (bicyclic) bond motifs is 3. The molecule has 2 aromatic heterocycles. The Kier molecular flexibility index (Phi) is 3.92. The Hall–Kier alpha value is -2.81. The molecule has 3 nitrogen and oxygen atoms in total. The second kappa shape index (κ2) is 6.25. The summed E-state index contributed by atoms with van der Waals surface area (Å²) in [5.74, 6) is 1.42. The van der Waals surface area contributed by atoms with Crippen molar-refractivity contribution in [3.63, 3.8) is 0 Å². The summed E-state index contributed by atoms with van der Waals surface area (Å²) >= 11 is 0. The van der Waals surface area contributed by atoms with Crippen LogP contribution in [0, 0.1) is 5.92 Å². The maximum absolute atomic E-state index is 5.29. The molecule has 0 bridgehead atoms. The lowest BCUT2D eigenvalue weighted by molar-refractivity contribution is 0.415. The number of methoxy groups -OCH3 is 1. The van der Waals surface area contributed by atoms with Crippen LogP contribution in [0.25, 0.3) is 33.1 Å². The molecule has 0 aliphatic carbocycles. The van der Waals surface area contributed by atoms with Crippen LogP contribution in [0.4, 0.5) is 0 Å². The Bertz CT molecular complexity index is 1030. The third kappa shape index (κ3) is 2.66. The minimum absolute atomic E-state index is 0.558. The highest BCUT2D eigenvalue weighted by Gasteiger charge is 2.16. The molecule has 3 heteroatoms. The summed E-state index contributed by atoms with van der Waals surface area (Å²) < 4.78 is 7.71. The first-order valence-electron chi connectivity index (χ1n) is 8.69. The van der Waals surface area contributed by atoms with Gasteiger partial charge in [0.1, 0.15) is 5.75 Å². The second-order valence-electron chi connectivity index (χ2n) is 6.81. The molecule has 0 saturated heterocycles. The van der Waals surface area contributed by atoms with E-state index in [1.54, 1.807) is 7.11 Å². The molecule has 4 aromatic rings. The number of benzene rings is 2. The molecule has 0 spiro atoms. The molecule has 0 fully saturated rings. The van der Waals surface area contributed by atoms with Crippen molar-refractivity contribution in [2.24, 2.45) is 5.92 Å². The van der Waals surface area contributed by atoms with Crippen LogP contribution in [0.2, 0.25) is 0 Å². The number of rotatable bonds is 4. The van der Waals surface area contributed by atoms with E-state index in [0.29, 0.717) is 5.92 Å². The Morgan fingerprint density at radius 1 is 0.960 bits per heavy atom. The van der Waals surface area contributed by atoms with Gasteiger partial charge in [-0.3, -0.25) is 4.98 Å². The van der Waals surface area contributed by atoms with Gasteiger partial charge < -0.3 is 9.30 Å². The third-order valence-electron chi connectivity index (χ3n) is 4.59. The Morgan fingerprint density at radius 3 is 2.44 bits per heavy atom. The van der Waals surface area contributed by atoms with Crippen LogP contribution in [0.5, 0.6) is 5.75 Å². The molecule has 0 saturated carbocycles. The summed E-state index contributed by atoms with van der Waals surface area (Å²) in [7, 11) is 1.69. The smallest absolute Gasteiger partial charge is 0.118 e. The number of para-hydroxylation sites is 1. The summed E-state index contributed by atoms with van der Waals surface area (Å²) in [6.45, 7) is 5.48. The van der Waals surface area contributed by atoms with Crippen LogP contribution in [-0.2, 0) is 6.54 Å². The van der Waals surface area contributed by atoms with Crippen molar-refractivity contribution in [1.29, 1.82) is 0 Å². The highest BCUT2D eigenvalue weighted by Crippen LogP contribution is 2.35. The van der Waals surface area contributed by atoms with Gasteiger partial charge in [0.15, 0.2) is 0 Å². The van der Waals surface area contributed by atoms with Gasteiger partial charge in [0.05, 0.1) is 18.3 Å². The fraction of sp³-hybridized carbons (Fsp3) is 0.227. The normalized spacial score (nSPS) is 11.5. The molecule has 0 amide bonds. The van der Waals surface area contributed by atoms with Gasteiger partial charge in [-0.15, -0.1) is 0 Å². The zero-order valence-corrected chi connectivity index (χ0v) is 14.9. The molecule has 25 heavy (non-hydrogen) atoms. The average molecular weight is 330 g/mol. The fourth-order valence-corrected chi connectivity index (χ4v) is 3.52. The van der Waals surface area contributed by atoms with Crippen molar-refractivity contribution in [3.05, 3.63) is 60.8 Å². The van der Waals surface area contributed by atoms with Gasteiger partial charge in [-0.1, -0.05) is 32.0 Å². The van der Waals surface area contributed by atoms with Crippen LogP contribution < -0.4 is 4.74 Å². The van der Waals surface area contributed by atoms with E-state index in [1.807, 2.05) is 18.3 Å². The maximum atomic E-state index is 5.29. The van der Waals surface area contributed by atoms with E-state index in [0.717, 1.165) is 23.6 Å². The van der Waals surface area contributed by atoms with Gasteiger partial charge in [0.25, 0.3) is 0 Å². The van der Waals surface area contributed by atoms with Gasteiger partial charge in [-0.25, -0.2) is 0 Å². The summed E-state index contributed by atoms with van der Waals surface area (Å²) in [6, 6.07) is 18.9. The van der Waals surface area contributed by atoms with Crippen molar-refractivity contribution in [1.82, 2.24) is 9.55 Å². The summed E-state index contributed by atoms with van der Waals surface area (Å²) in [6.07, 6.45) is 1.91. The predicted molar refractivity (Wildman–Crippen MR) is 104 cm³/mol. The Morgan fingerprint density at radius 2 is 1.72 bits per heavy atom. The second-order valence-corrected chi connectivity index (χ2v) is 6.81. The molecule has 0 aliphatic heterocycles. The molecule has 0 atom stereocenters. The first kappa shape index (κ1) is 15.7. The molecule has 0 aliphatic rings. The summed E-state index contributed by atoms with van der Waals surface area (Å²) in [4.78, 5) is 4.73. The Balaban J connectivity index is 2.04. The lowest BCUT2D eigenvalue weighted by Gasteiger charge is -2.13. The van der Waals surface area contributed by atoms with Gasteiger partial charge in [-0.05, 0) is 42.3 Å². The SMILES string of the molecule is COc1ccc(-c2nccc3c4ccccc4n(CC(C)C)c23)cc1. The number of nitrogens with zero attached hydrogens (tertiary/aromatic N) is 2. The van der Waals surface area contributed by atoms with E-state index in [9.17, 15) is 0 Å². The maximum Gasteiger partial charge on any atom is 0.118 e. The van der Waals surface area contributed by atoms with Crippen LogP contribution >= 0.6 is 0 Å². The Labute approximate surface area is 147 Å². The minimum Gasteiger partial charge on any atom is -0.497 e. The van der Waals surface area contributed by atoms with Crippen LogP contribution in [0.1, 0.15) is 13.8 Å². The van der Waals surface area contributed by atoms with Gasteiger partial charge >= 0.3 is 0 Å². The van der Waals surface area contributed by atoms with E-state index in [1.165, 1.54) is 21.8 Å². The number of hydrogen-bond acceptors (Lipinski definition) is 2. The van der Waals surface area contributed by atoms with Crippen LogP contribution in [0.15, 0.2) is 60.8 Å². The molecule has 0 unspecified atom stereocenters. The number of hydrogen-bond donors (Lipinski definition) is 0. The van der Waals surface area contributed by atoms with Crippen molar-refractivity contribution >= 4 is 21.8 Å². The molecule has 126 valence electrons. The van der Waals surface area contributed by atoms with Crippen molar-refractivity contribution in [2.45, 2.75) is 20.4 Å². The monoisotopic (exact) mass is 330 g/mol. The number of aromatic nitrogens is 2. The van der Waals surface area contributed by atoms with Gasteiger partial charge in [0.2, 0.25) is 0 Å². The quantitative estimate of drug-likeness (QED) is 0.492. The molecule has 0 N–H and O–H groups in total. The van der Waals surface area contributed by atoms with Crippen molar-refractivity contribution in [2.75, 3.05) is 7.11 Å². The summed E-state index contributed by atoms with van der Waals surface area (Å²) in [5.41, 5.74) is 4.62. The fourth-order valence-electron chi connectivity index (χ4n) is 3.52. The molecular weight excluding hydrogens is 308 g/mol. The number of ether oxygens (including phenoxy) is 1. The van der Waals surface area contributed by atoms with Crippen LogP contribution in [-0.4, -0.2) is 16.7 Å². The number of pyridine rings is 1. The predicted octanol–water partition coefficient (Wildman–Crippen LogP) is 5.52. The van der Waals surface area contributed by atoms with E-state index >= 15 is 0 Å². The van der Waals surface area contributed by atoms with Gasteiger partial charge in [0, 0.05) is 34.6 Å². The van der Waals surface area contributed by atoms with Crippen molar-refractivity contribution < 1.29 is 4.74 Å². The van der Waals surface area contributed by atoms with E-state index in [-0.39, 0.29) is 0 Å². The lowest BCUT2D eigenvalue weighted by Crippen LogP contribution is -2.05. The highest BCUT2D eigenvalue weighted by atomic mass is 16.5. The highest BCUT2D eigenvalue weighted by molar-refractivity contribution is 6.11. The zero-order chi connectivity index (χ0) is 17.4. The largest absolute Gasteiger partial charge is 0.497 e. The zero-order valence-electron chi connectivity index (χ0n) is 14.9.